The van der Waals surface area contributed by atoms with Crippen LogP contribution in [0.3, 0.4) is 0 Å². The fourth-order valence-corrected chi connectivity index (χ4v) is 5.33. The lowest BCUT2D eigenvalue weighted by atomic mass is 9.69. The highest BCUT2D eigenvalue weighted by molar-refractivity contribution is 5.90. The average Bonchev–Trinajstić information content (AvgIpc) is 3.49. The van der Waals surface area contributed by atoms with E-state index in [1.54, 1.807) is 62.8 Å². The van der Waals surface area contributed by atoms with Crippen LogP contribution in [0, 0.1) is 5.92 Å². The van der Waals surface area contributed by atoms with E-state index in [-0.39, 0.29) is 17.8 Å². The van der Waals surface area contributed by atoms with Crippen LogP contribution in [0.1, 0.15) is 50.6 Å². The quantitative estimate of drug-likeness (QED) is 0.358. The molecule has 0 fully saturated rings. The zero-order valence-electron chi connectivity index (χ0n) is 21.6. The molecular formula is C32H30O6. The number of methoxy groups -OCH3 is 2. The molecule has 0 aliphatic heterocycles. The molecular weight excluding hydrogens is 480 g/mol. The van der Waals surface area contributed by atoms with Crippen molar-refractivity contribution in [3.05, 3.63) is 119 Å². The van der Waals surface area contributed by atoms with Crippen molar-refractivity contribution in [3.63, 3.8) is 0 Å². The Labute approximate surface area is 222 Å². The number of esters is 2. The summed E-state index contributed by atoms with van der Waals surface area (Å²) >= 11 is 0. The summed E-state index contributed by atoms with van der Waals surface area (Å²) in [5.41, 5.74) is 2.96. The van der Waals surface area contributed by atoms with Gasteiger partial charge in [0.1, 0.15) is 23.7 Å². The van der Waals surface area contributed by atoms with Gasteiger partial charge in [-0.2, -0.15) is 0 Å². The second-order valence-electron chi connectivity index (χ2n) is 9.49. The SMILES string of the molecule is COc1ccc(C(=O)OC2C(OC(=O)c3ccc(OC)cc3)[C@@H](C)c3ccccc3[C@@H]2C2C=CC=C2)cc1. The molecule has 3 aromatic carbocycles. The van der Waals surface area contributed by atoms with Crippen LogP contribution in [-0.2, 0) is 9.47 Å². The number of rotatable bonds is 7. The third kappa shape index (κ3) is 4.94. The Morgan fingerprint density at radius 3 is 1.61 bits per heavy atom. The lowest BCUT2D eigenvalue weighted by Crippen LogP contribution is -2.47. The fraction of sp³-hybridized carbons (Fsp3) is 0.250. The number of carbonyl (C=O) groups excluding carboxylic acids is 2. The molecule has 2 aliphatic carbocycles. The molecule has 5 rings (SSSR count). The molecule has 194 valence electrons. The van der Waals surface area contributed by atoms with Gasteiger partial charge in [-0.15, -0.1) is 0 Å². The molecule has 3 aromatic rings. The molecule has 0 heterocycles. The van der Waals surface area contributed by atoms with Gasteiger partial charge in [0.2, 0.25) is 0 Å². The Bertz CT molecular complexity index is 1340. The van der Waals surface area contributed by atoms with Crippen molar-refractivity contribution in [1.29, 1.82) is 0 Å². The zero-order chi connectivity index (χ0) is 26.6. The molecule has 38 heavy (non-hydrogen) atoms. The number of benzene rings is 3. The van der Waals surface area contributed by atoms with Crippen LogP contribution in [0.15, 0.2) is 97.1 Å². The van der Waals surface area contributed by atoms with E-state index in [0.29, 0.717) is 22.6 Å². The minimum atomic E-state index is -0.714. The second-order valence-corrected chi connectivity index (χ2v) is 9.49. The van der Waals surface area contributed by atoms with Gasteiger partial charge in [0, 0.05) is 17.8 Å². The highest BCUT2D eigenvalue weighted by Gasteiger charge is 2.48. The molecule has 0 aromatic heterocycles. The summed E-state index contributed by atoms with van der Waals surface area (Å²) in [4.78, 5) is 26.7. The number of ether oxygens (including phenoxy) is 4. The maximum atomic E-state index is 13.4. The maximum absolute atomic E-state index is 13.4. The molecule has 0 saturated heterocycles. The van der Waals surface area contributed by atoms with Gasteiger partial charge in [0.15, 0.2) is 0 Å². The van der Waals surface area contributed by atoms with E-state index in [1.165, 1.54) is 0 Å². The Hall–Kier alpha value is -4.32. The van der Waals surface area contributed by atoms with Crippen molar-refractivity contribution < 1.29 is 28.5 Å². The first-order valence-corrected chi connectivity index (χ1v) is 12.6. The minimum absolute atomic E-state index is 0.0143. The van der Waals surface area contributed by atoms with Crippen molar-refractivity contribution in [3.8, 4) is 11.5 Å². The van der Waals surface area contributed by atoms with Crippen LogP contribution in [-0.4, -0.2) is 38.4 Å². The van der Waals surface area contributed by atoms with Crippen molar-refractivity contribution in [1.82, 2.24) is 0 Å². The fourth-order valence-electron chi connectivity index (χ4n) is 5.33. The lowest BCUT2D eigenvalue weighted by Gasteiger charge is -2.43. The number of hydrogen-bond donors (Lipinski definition) is 0. The van der Waals surface area contributed by atoms with Crippen LogP contribution in [0.25, 0.3) is 0 Å². The van der Waals surface area contributed by atoms with Crippen molar-refractivity contribution in [2.75, 3.05) is 14.2 Å². The molecule has 4 atom stereocenters. The molecule has 0 saturated carbocycles. The Morgan fingerprint density at radius 2 is 1.11 bits per heavy atom. The normalized spacial score (nSPS) is 22.0. The standard InChI is InChI=1S/C32H30O6/c1-20-26-10-6-7-11-27(26)28(21-8-4-5-9-21)30(38-32(34)23-14-18-25(36-3)19-15-23)29(20)37-31(33)22-12-16-24(35-2)17-13-22/h4-21,28-30H,1-3H3/t20-,28-,29?,30?/m0/s1. The summed E-state index contributed by atoms with van der Waals surface area (Å²) in [5, 5.41) is 0. The number of allylic oxidation sites excluding steroid dienone is 4. The number of carbonyl (C=O) groups is 2. The van der Waals surface area contributed by atoms with Crippen LogP contribution >= 0.6 is 0 Å². The van der Waals surface area contributed by atoms with E-state index in [9.17, 15) is 9.59 Å². The summed E-state index contributed by atoms with van der Waals surface area (Å²) in [6.45, 7) is 2.01. The molecule has 6 heteroatoms. The van der Waals surface area contributed by atoms with Gasteiger partial charge in [-0.1, -0.05) is 55.5 Å². The zero-order valence-corrected chi connectivity index (χ0v) is 21.6. The van der Waals surface area contributed by atoms with Gasteiger partial charge in [-0.3, -0.25) is 0 Å². The van der Waals surface area contributed by atoms with Crippen LogP contribution in [0.5, 0.6) is 11.5 Å². The summed E-state index contributed by atoms with van der Waals surface area (Å²) in [7, 11) is 3.14. The Kier molecular flexibility index (Phi) is 7.31. The first-order valence-electron chi connectivity index (χ1n) is 12.6. The third-order valence-corrected chi connectivity index (χ3v) is 7.35. The first kappa shape index (κ1) is 25.3. The third-order valence-electron chi connectivity index (χ3n) is 7.35. The van der Waals surface area contributed by atoms with E-state index in [0.717, 1.165) is 11.1 Å². The largest absolute Gasteiger partial charge is 0.497 e. The van der Waals surface area contributed by atoms with Gasteiger partial charge >= 0.3 is 11.9 Å². The highest BCUT2D eigenvalue weighted by Crippen LogP contribution is 2.47. The van der Waals surface area contributed by atoms with Crippen LogP contribution in [0.4, 0.5) is 0 Å². The summed E-state index contributed by atoms with van der Waals surface area (Å²) < 4.78 is 22.8. The van der Waals surface area contributed by atoms with Gasteiger partial charge in [0.05, 0.1) is 25.3 Å². The minimum Gasteiger partial charge on any atom is -0.497 e. The van der Waals surface area contributed by atoms with Crippen molar-refractivity contribution in [2.45, 2.75) is 31.0 Å². The maximum Gasteiger partial charge on any atom is 0.338 e. The highest BCUT2D eigenvalue weighted by atomic mass is 16.6. The molecule has 6 nitrogen and oxygen atoms in total. The van der Waals surface area contributed by atoms with Gasteiger partial charge in [-0.25, -0.2) is 9.59 Å². The first-order chi connectivity index (χ1) is 18.5. The molecule has 0 spiro atoms. The second kappa shape index (κ2) is 11.0. The number of fused-ring (bicyclic) bond motifs is 1. The van der Waals surface area contributed by atoms with E-state index in [1.807, 2.05) is 31.2 Å². The predicted octanol–water partition coefficient (Wildman–Crippen LogP) is 6.10. The molecule has 0 bridgehead atoms. The Morgan fingerprint density at radius 1 is 0.632 bits per heavy atom. The van der Waals surface area contributed by atoms with E-state index < -0.39 is 24.1 Å². The van der Waals surface area contributed by atoms with Gasteiger partial charge in [-0.05, 0) is 59.7 Å². The average molecular weight is 511 g/mol. The van der Waals surface area contributed by atoms with Gasteiger partial charge in [0.25, 0.3) is 0 Å². The monoisotopic (exact) mass is 510 g/mol. The van der Waals surface area contributed by atoms with Crippen molar-refractivity contribution >= 4 is 11.9 Å². The van der Waals surface area contributed by atoms with E-state index >= 15 is 0 Å². The lowest BCUT2D eigenvalue weighted by molar-refractivity contribution is -0.0603. The molecule has 2 unspecified atom stereocenters. The van der Waals surface area contributed by atoms with E-state index in [2.05, 4.69) is 24.3 Å². The summed E-state index contributed by atoms with van der Waals surface area (Å²) in [5.74, 6) is -0.114. The van der Waals surface area contributed by atoms with Crippen molar-refractivity contribution in [2.24, 2.45) is 5.92 Å². The molecule has 0 N–H and O–H groups in total. The molecule has 0 radical (unpaired) electrons. The number of hydrogen-bond acceptors (Lipinski definition) is 6. The predicted molar refractivity (Wildman–Crippen MR) is 144 cm³/mol. The Balaban J connectivity index is 1.52. The molecule has 2 aliphatic rings. The van der Waals surface area contributed by atoms with Crippen LogP contribution in [0.2, 0.25) is 0 Å². The van der Waals surface area contributed by atoms with Crippen LogP contribution < -0.4 is 9.47 Å². The summed E-state index contributed by atoms with van der Waals surface area (Å²) in [6.07, 6.45) is 6.75. The molecule has 0 amide bonds. The topological polar surface area (TPSA) is 71.1 Å². The van der Waals surface area contributed by atoms with Gasteiger partial charge < -0.3 is 18.9 Å². The van der Waals surface area contributed by atoms with E-state index in [4.69, 9.17) is 18.9 Å². The summed E-state index contributed by atoms with van der Waals surface area (Å²) in [6, 6.07) is 21.7. The smallest absolute Gasteiger partial charge is 0.338 e.